The van der Waals surface area contributed by atoms with E-state index in [0.29, 0.717) is 0 Å². The minimum Gasteiger partial charge on any atom is -0.309 e. The SMILES string of the molecule is CN1CCN(CC2=CCNC2)CC1. The summed E-state index contributed by atoms with van der Waals surface area (Å²) in [6.45, 7) is 8.26. The molecule has 2 aliphatic rings. The first-order valence-corrected chi connectivity index (χ1v) is 5.14. The molecule has 2 aliphatic heterocycles. The van der Waals surface area contributed by atoms with E-state index in [2.05, 4.69) is 28.2 Å². The van der Waals surface area contributed by atoms with Gasteiger partial charge in [0.05, 0.1) is 0 Å². The van der Waals surface area contributed by atoms with E-state index in [1.54, 1.807) is 5.57 Å². The number of nitrogens with zero attached hydrogens (tertiary/aromatic N) is 2. The van der Waals surface area contributed by atoms with Crippen molar-refractivity contribution in [1.82, 2.24) is 15.1 Å². The molecule has 0 aromatic heterocycles. The molecule has 2 rings (SSSR count). The molecule has 0 radical (unpaired) electrons. The summed E-state index contributed by atoms with van der Waals surface area (Å²) in [7, 11) is 2.20. The molecule has 1 N–H and O–H groups in total. The number of likely N-dealkylation sites (N-methyl/N-ethyl adjacent to an activating group) is 1. The summed E-state index contributed by atoms with van der Waals surface area (Å²) in [6.07, 6.45) is 2.33. The molecule has 74 valence electrons. The molecule has 0 aromatic rings. The Hall–Kier alpha value is -0.380. The van der Waals surface area contributed by atoms with Crippen molar-refractivity contribution in [3.8, 4) is 0 Å². The third-order valence-corrected chi connectivity index (χ3v) is 2.91. The highest BCUT2D eigenvalue weighted by Crippen LogP contribution is 2.05. The van der Waals surface area contributed by atoms with Crippen molar-refractivity contribution in [1.29, 1.82) is 0 Å². The second-order valence-electron chi connectivity index (χ2n) is 4.07. The van der Waals surface area contributed by atoms with Gasteiger partial charge in [-0.1, -0.05) is 6.08 Å². The maximum Gasteiger partial charge on any atom is 0.0207 e. The van der Waals surface area contributed by atoms with Crippen molar-refractivity contribution in [2.24, 2.45) is 0 Å². The van der Waals surface area contributed by atoms with Gasteiger partial charge in [0.25, 0.3) is 0 Å². The Morgan fingerprint density at radius 1 is 1.31 bits per heavy atom. The fraction of sp³-hybridized carbons (Fsp3) is 0.800. The zero-order valence-electron chi connectivity index (χ0n) is 8.42. The summed E-state index contributed by atoms with van der Waals surface area (Å²) < 4.78 is 0. The third kappa shape index (κ3) is 2.53. The molecule has 0 atom stereocenters. The predicted octanol–water partition coefficient (Wildman–Crippen LogP) is -0.237. The van der Waals surface area contributed by atoms with Crippen LogP contribution in [0.2, 0.25) is 0 Å². The van der Waals surface area contributed by atoms with Gasteiger partial charge in [-0.2, -0.15) is 0 Å². The highest BCUT2D eigenvalue weighted by Gasteiger charge is 2.15. The van der Waals surface area contributed by atoms with Gasteiger partial charge >= 0.3 is 0 Å². The molecule has 0 saturated carbocycles. The lowest BCUT2D eigenvalue weighted by Gasteiger charge is -2.32. The molecule has 1 saturated heterocycles. The van der Waals surface area contributed by atoms with Gasteiger partial charge in [-0.3, -0.25) is 4.90 Å². The summed E-state index contributed by atoms with van der Waals surface area (Å²) >= 11 is 0. The smallest absolute Gasteiger partial charge is 0.0207 e. The van der Waals surface area contributed by atoms with Crippen LogP contribution in [0.25, 0.3) is 0 Å². The van der Waals surface area contributed by atoms with Crippen LogP contribution in [0.1, 0.15) is 0 Å². The zero-order valence-corrected chi connectivity index (χ0v) is 8.42. The summed E-state index contributed by atoms with van der Waals surface area (Å²) in [5, 5.41) is 3.34. The fourth-order valence-corrected chi connectivity index (χ4v) is 1.94. The van der Waals surface area contributed by atoms with Crippen LogP contribution in [-0.2, 0) is 0 Å². The van der Waals surface area contributed by atoms with Crippen LogP contribution in [0.15, 0.2) is 11.6 Å². The maximum atomic E-state index is 3.34. The van der Waals surface area contributed by atoms with E-state index in [9.17, 15) is 0 Å². The minimum atomic E-state index is 1.07. The second-order valence-corrected chi connectivity index (χ2v) is 4.07. The van der Waals surface area contributed by atoms with Gasteiger partial charge in [0.2, 0.25) is 0 Å². The van der Waals surface area contributed by atoms with Crippen molar-refractivity contribution in [3.63, 3.8) is 0 Å². The molecule has 3 nitrogen and oxygen atoms in total. The van der Waals surface area contributed by atoms with E-state index >= 15 is 0 Å². The molecule has 13 heavy (non-hydrogen) atoms. The van der Waals surface area contributed by atoms with E-state index in [1.807, 2.05) is 0 Å². The Balaban J connectivity index is 1.75. The van der Waals surface area contributed by atoms with Crippen LogP contribution >= 0.6 is 0 Å². The lowest BCUT2D eigenvalue weighted by Crippen LogP contribution is -2.45. The van der Waals surface area contributed by atoms with E-state index in [1.165, 1.54) is 32.7 Å². The largest absolute Gasteiger partial charge is 0.309 e. The van der Waals surface area contributed by atoms with Crippen LogP contribution in [-0.4, -0.2) is 62.7 Å². The molecule has 0 unspecified atom stereocenters. The number of hydrogen-bond donors (Lipinski definition) is 1. The fourth-order valence-electron chi connectivity index (χ4n) is 1.94. The summed E-state index contributed by atoms with van der Waals surface area (Å²) in [6, 6.07) is 0. The van der Waals surface area contributed by atoms with Gasteiger partial charge in [-0.25, -0.2) is 0 Å². The van der Waals surface area contributed by atoms with Crippen LogP contribution in [0.5, 0.6) is 0 Å². The molecule has 0 bridgehead atoms. The van der Waals surface area contributed by atoms with Crippen LogP contribution in [0.3, 0.4) is 0 Å². The van der Waals surface area contributed by atoms with Gasteiger partial charge in [0, 0.05) is 45.8 Å². The standard InChI is InChI=1S/C10H19N3/c1-12-4-6-13(7-5-12)9-10-2-3-11-8-10/h2,11H,3-9H2,1H3. The Morgan fingerprint density at radius 2 is 2.08 bits per heavy atom. The highest BCUT2D eigenvalue weighted by atomic mass is 15.2. The lowest BCUT2D eigenvalue weighted by molar-refractivity contribution is 0.163. The number of nitrogens with one attached hydrogen (secondary N) is 1. The molecule has 0 aromatic carbocycles. The Bertz CT molecular complexity index is 192. The number of rotatable bonds is 2. The number of hydrogen-bond acceptors (Lipinski definition) is 3. The number of piperazine rings is 1. The van der Waals surface area contributed by atoms with Crippen LogP contribution < -0.4 is 5.32 Å². The first kappa shape index (κ1) is 9.19. The van der Waals surface area contributed by atoms with Gasteiger partial charge in [0.15, 0.2) is 0 Å². The summed E-state index contributed by atoms with van der Waals surface area (Å²) in [5.74, 6) is 0. The van der Waals surface area contributed by atoms with Gasteiger partial charge in [-0.05, 0) is 12.6 Å². The average molecular weight is 181 g/mol. The Morgan fingerprint density at radius 3 is 2.69 bits per heavy atom. The Kier molecular flexibility index (Phi) is 2.98. The van der Waals surface area contributed by atoms with Crippen molar-refractivity contribution in [3.05, 3.63) is 11.6 Å². The predicted molar refractivity (Wildman–Crippen MR) is 54.9 cm³/mol. The van der Waals surface area contributed by atoms with E-state index in [-0.39, 0.29) is 0 Å². The second kappa shape index (κ2) is 4.22. The van der Waals surface area contributed by atoms with Gasteiger partial charge in [-0.15, -0.1) is 0 Å². The van der Waals surface area contributed by atoms with Crippen molar-refractivity contribution < 1.29 is 0 Å². The van der Waals surface area contributed by atoms with Crippen molar-refractivity contribution >= 4 is 0 Å². The van der Waals surface area contributed by atoms with Gasteiger partial charge in [0.1, 0.15) is 0 Å². The monoisotopic (exact) mass is 181 g/mol. The topological polar surface area (TPSA) is 18.5 Å². The van der Waals surface area contributed by atoms with E-state index in [0.717, 1.165) is 13.1 Å². The van der Waals surface area contributed by atoms with Crippen LogP contribution in [0, 0.1) is 0 Å². The zero-order chi connectivity index (χ0) is 9.10. The maximum absolute atomic E-state index is 3.34. The highest BCUT2D eigenvalue weighted by molar-refractivity contribution is 5.12. The molecular weight excluding hydrogens is 162 g/mol. The molecular formula is C10H19N3. The van der Waals surface area contributed by atoms with Crippen molar-refractivity contribution in [2.75, 3.05) is 52.9 Å². The van der Waals surface area contributed by atoms with Crippen LogP contribution in [0.4, 0.5) is 0 Å². The molecule has 3 heteroatoms. The van der Waals surface area contributed by atoms with Gasteiger partial charge < -0.3 is 10.2 Å². The average Bonchev–Trinajstić information content (AvgIpc) is 2.62. The molecule has 1 fully saturated rings. The van der Waals surface area contributed by atoms with E-state index < -0.39 is 0 Å². The summed E-state index contributed by atoms with van der Waals surface area (Å²) in [5.41, 5.74) is 1.57. The Labute approximate surface area is 80.4 Å². The third-order valence-electron chi connectivity index (χ3n) is 2.91. The minimum absolute atomic E-state index is 1.07. The molecule has 0 amide bonds. The molecule has 0 aliphatic carbocycles. The normalized spacial score (nSPS) is 26.4. The lowest BCUT2D eigenvalue weighted by atomic mass is 10.2. The summed E-state index contributed by atoms with van der Waals surface area (Å²) in [4.78, 5) is 4.95. The first-order chi connectivity index (χ1) is 6.34. The molecule has 2 heterocycles. The quantitative estimate of drug-likeness (QED) is 0.593. The first-order valence-electron chi connectivity index (χ1n) is 5.14. The molecule has 0 spiro atoms. The van der Waals surface area contributed by atoms with Crippen molar-refractivity contribution in [2.45, 2.75) is 0 Å². The van der Waals surface area contributed by atoms with E-state index in [4.69, 9.17) is 0 Å².